The van der Waals surface area contributed by atoms with Crippen molar-refractivity contribution in [2.24, 2.45) is 5.92 Å². The molecular formula is C12H23N3. The molecule has 3 nitrogen and oxygen atoms in total. The predicted molar refractivity (Wildman–Crippen MR) is 64.0 cm³/mol. The third-order valence-electron chi connectivity index (χ3n) is 2.73. The number of aryl methyl sites for hydroxylation is 1. The van der Waals surface area contributed by atoms with Crippen molar-refractivity contribution in [1.29, 1.82) is 0 Å². The highest BCUT2D eigenvalue weighted by Gasteiger charge is 2.07. The molecule has 0 aliphatic heterocycles. The van der Waals surface area contributed by atoms with Crippen molar-refractivity contribution in [3.8, 4) is 0 Å². The maximum atomic E-state index is 4.31. The van der Waals surface area contributed by atoms with Crippen LogP contribution in [0.1, 0.15) is 32.2 Å². The average Bonchev–Trinajstić information content (AvgIpc) is 2.47. The first-order chi connectivity index (χ1) is 7.00. The van der Waals surface area contributed by atoms with Gasteiger partial charge >= 0.3 is 0 Å². The van der Waals surface area contributed by atoms with Crippen molar-refractivity contribution < 1.29 is 0 Å². The highest BCUT2D eigenvalue weighted by atomic mass is 15.1. The fourth-order valence-corrected chi connectivity index (χ4v) is 1.57. The first-order valence-electron chi connectivity index (χ1n) is 5.72. The molecule has 86 valence electrons. The van der Waals surface area contributed by atoms with Crippen molar-refractivity contribution >= 4 is 0 Å². The highest BCUT2D eigenvalue weighted by molar-refractivity contribution is 5.08. The zero-order valence-electron chi connectivity index (χ0n) is 10.5. The molecule has 1 unspecified atom stereocenters. The summed E-state index contributed by atoms with van der Waals surface area (Å²) in [5.74, 6) is 0.639. The maximum Gasteiger partial charge on any atom is 0.0951 e. The van der Waals surface area contributed by atoms with E-state index in [2.05, 4.69) is 49.5 Å². The van der Waals surface area contributed by atoms with Crippen molar-refractivity contribution in [3.63, 3.8) is 0 Å². The summed E-state index contributed by atoms with van der Waals surface area (Å²) < 4.78 is 2.24. The van der Waals surface area contributed by atoms with Gasteiger partial charge in [-0.3, -0.25) is 0 Å². The van der Waals surface area contributed by atoms with Gasteiger partial charge in [0.2, 0.25) is 0 Å². The van der Waals surface area contributed by atoms with E-state index in [0.29, 0.717) is 12.0 Å². The van der Waals surface area contributed by atoms with Gasteiger partial charge in [0.15, 0.2) is 0 Å². The second-order valence-electron chi connectivity index (χ2n) is 4.74. The number of hydrogen-bond acceptors (Lipinski definition) is 2. The summed E-state index contributed by atoms with van der Waals surface area (Å²) >= 11 is 0. The highest BCUT2D eigenvalue weighted by Crippen LogP contribution is 2.07. The molecule has 1 atom stereocenters. The molecular weight excluding hydrogens is 186 g/mol. The van der Waals surface area contributed by atoms with Crippen LogP contribution in [0.5, 0.6) is 0 Å². The Labute approximate surface area is 92.9 Å². The summed E-state index contributed by atoms with van der Waals surface area (Å²) in [5.41, 5.74) is 2.42. The van der Waals surface area contributed by atoms with Gasteiger partial charge in [-0.1, -0.05) is 20.8 Å². The zero-order chi connectivity index (χ0) is 11.4. The van der Waals surface area contributed by atoms with Crippen molar-refractivity contribution in [1.82, 2.24) is 14.9 Å². The predicted octanol–water partition coefficient (Wildman–Crippen LogP) is 2.13. The monoisotopic (exact) mass is 209 g/mol. The van der Waals surface area contributed by atoms with Gasteiger partial charge in [-0.25, -0.2) is 4.98 Å². The standard InChI is InChI=1S/C12H23N3/c1-9(2)13-6-10(3)7-15-8-14-11(4)12(15)5/h8-10,13H,6-7H2,1-5H3. The molecule has 0 aliphatic carbocycles. The Morgan fingerprint density at radius 1 is 1.33 bits per heavy atom. The molecule has 0 spiro atoms. The minimum absolute atomic E-state index is 0.568. The summed E-state index contributed by atoms with van der Waals surface area (Å²) in [6.45, 7) is 12.9. The van der Waals surface area contributed by atoms with E-state index in [0.717, 1.165) is 18.8 Å². The lowest BCUT2D eigenvalue weighted by molar-refractivity contribution is 0.422. The van der Waals surface area contributed by atoms with E-state index in [1.165, 1.54) is 5.69 Å². The number of nitrogens with one attached hydrogen (secondary N) is 1. The summed E-state index contributed by atoms with van der Waals surface area (Å²) in [6.07, 6.45) is 1.94. The van der Waals surface area contributed by atoms with Gasteiger partial charge in [-0.05, 0) is 26.3 Å². The van der Waals surface area contributed by atoms with Gasteiger partial charge in [0.05, 0.1) is 12.0 Å². The lowest BCUT2D eigenvalue weighted by Crippen LogP contribution is -2.29. The maximum absolute atomic E-state index is 4.31. The second-order valence-corrected chi connectivity index (χ2v) is 4.74. The lowest BCUT2D eigenvalue weighted by Gasteiger charge is -2.16. The van der Waals surface area contributed by atoms with Gasteiger partial charge in [0.1, 0.15) is 0 Å². The van der Waals surface area contributed by atoms with Crippen LogP contribution in [-0.2, 0) is 6.54 Å². The summed E-state index contributed by atoms with van der Waals surface area (Å²) in [7, 11) is 0. The van der Waals surface area contributed by atoms with Crippen LogP contribution in [0.2, 0.25) is 0 Å². The Bertz CT molecular complexity index is 302. The van der Waals surface area contributed by atoms with Crippen LogP contribution in [0.3, 0.4) is 0 Å². The molecule has 1 heterocycles. The molecule has 15 heavy (non-hydrogen) atoms. The fraction of sp³-hybridized carbons (Fsp3) is 0.750. The van der Waals surface area contributed by atoms with Gasteiger partial charge < -0.3 is 9.88 Å². The van der Waals surface area contributed by atoms with Crippen LogP contribution in [-0.4, -0.2) is 22.1 Å². The molecule has 3 heteroatoms. The summed E-state index contributed by atoms with van der Waals surface area (Å²) in [4.78, 5) is 4.31. The molecule has 0 amide bonds. The molecule has 1 aromatic heterocycles. The van der Waals surface area contributed by atoms with E-state index in [1.807, 2.05) is 6.33 Å². The third kappa shape index (κ3) is 3.67. The molecule has 0 aliphatic rings. The molecule has 0 aromatic carbocycles. The Morgan fingerprint density at radius 2 is 2.00 bits per heavy atom. The molecule has 0 saturated heterocycles. The van der Waals surface area contributed by atoms with Gasteiger partial charge in [-0.15, -0.1) is 0 Å². The first kappa shape index (κ1) is 12.2. The molecule has 0 bridgehead atoms. The number of hydrogen-bond donors (Lipinski definition) is 1. The Morgan fingerprint density at radius 3 is 2.47 bits per heavy atom. The van der Waals surface area contributed by atoms with E-state index >= 15 is 0 Å². The molecule has 1 rings (SSSR count). The van der Waals surface area contributed by atoms with Crippen LogP contribution in [0, 0.1) is 19.8 Å². The lowest BCUT2D eigenvalue weighted by atomic mass is 10.1. The molecule has 1 aromatic rings. The molecule has 0 fully saturated rings. The number of imidazole rings is 1. The van der Waals surface area contributed by atoms with E-state index in [1.54, 1.807) is 0 Å². The van der Waals surface area contributed by atoms with Crippen LogP contribution in [0.25, 0.3) is 0 Å². The van der Waals surface area contributed by atoms with E-state index < -0.39 is 0 Å². The minimum Gasteiger partial charge on any atom is -0.334 e. The Kier molecular flexibility index (Phi) is 4.33. The smallest absolute Gasteiger partial charge is 0.0951 e. The van der Waals surface area contributed by atoms with Gasteiger partial charge in [-0.2, -0.15) is 0 Å². The largest absolute Gasteiger partial charge is 0.334 e. The normalized spacial score (nSPS) is 13.5. The summed E-state index contributed by atoms with van der Waals surface area (Å²) in [6, 6.07) is 0.568. The molecule has 0 radical (unpaired) electrons. The quantitative estimate of drug-likeness (QED) is 0.805. The topological polar surface area (TPSA) is 29.9 Å². The first-order valence-corrected chi connectivity index (χ1v) is 5.72. The molecule has 0 saturated carbocycles. The van der Waals surface area contributed by atoms with Crippen molar-refractivity contribution in [2.45, 2.75) is 47.2 Å². The Hall–Kier alpha value is -0.830. The van der Waals surface area contributed by atoms with E-state index in [4.69, 9.17) is 0 Å². The van der Waals surface area contributed by atoms with Crippen molar-refractivity contribution in [3.05, 3.63) is 17.7 Å². The van der Waals surface area contributed by atoms with Gasteiger partial charge in [0.25, 0.3) is 0 Å². The number of aromatic nitrogens is 2. The third-order valence-corrected chi connectivity index (χ3v) is 2.73. The van der Waals surface area contributed by atoms with E-state index in [-0.39, 0.29) is 0 Å². The average molecular weight is 209 g/mol. The second kappa shape index (κ2) is 5.31. The Balaban J connectivity index is 2.44. The van der Waals surface area contributed by atoms with Crippen LogP contribution >= 0.6 is 0 Å². The van der Waals surface area contributed by atoms with Crippen LogP contribution in [0.15, 0.2) is 6.33 Å². The summed E-state index contributed by atoms with van der Waals surface area (Å²) in [5, 5.41) is 3.46. The van der Waals surface area contributed by atoms with Crippen LogP contribution in [0.4, 0.5) is 0 Å². The van der Waals surface area contributed by atoms with E-state index in [9.17, 15) is 0 Å². The van der Waals surface area contributed by atoms with Crippen molar-refractivity contribution in [2.75, 3.05) is 6.54 Å². The number of nitrogens with zero attached hydrogens (tertiary/aromatic N) is 2. The minimum atomic E-state index is 0.568. The molecule has 1 N–H and O–H groups in total. The van der Waals surface area contributed by atoms with Gasteiger partial charge in [0, 0.05) is 18.3 Å². The van der Waals surface area contributed by atoms with Crippen LogP contribution < -0.4 is 5.32 Å². The SMILES string of the molecule is Cc1ncn(CC(C)CNC(C)C)c1C. The zero-order valence-corrected chi connectivity index (χ0v) is 10.5. The number of rotatable bonds is 5. The fourth-order valence-electron chi connectivity index (χ4n) is 1.57.